The average Bonchev–Trinajstić information content (AvgIpc) is 2.84. The van der Waals surface area contributed by atoms with Crippen LogP contribution in [0.5, 0.6) is 11.5 Å². The van der Waals surface area contributed by atoms with E-state index in [9.17, 15) is 9.59 Å². The van der Waals surface area contributed by atoms with Crippen LogP contribution in [0.3, 0.4) is 0 Å². The predicted molar refractivity (Wildman–Crippen MR) is 122 cm³/mol. The standard InChI is InChI=1S/C25H25N3O4/c1-31-19-9-7-18(8-10-19)28-23(29)12-11-21(25(30)27-17-13-15-26-16-14-17)24(28)20-5-3-4-6-22(20)32-2/h3-10,13-16,21,24H,11-12H2,1-2H3,(H,26,27,30). The van der Waals surface area contributed by atoms with Crippen molar-refractivity contribution >= 4 is 23.2 Å². The lowest BCUT2D eigenvalue weighted by atomic mass is 9.82. The lowest BCUT2D eigenvalue weighted by molar-refractivity contribution is -0.125. The average molecular weight is 431 g/mol. The third-order valence-corrected chi connectivity index (χ3v) is 5.69. The van der Waals surface area contributed by atoms with Gasteiger partial charge in [0.25, 0.3) is 0 Å². The number of pyridine rings is 1. The monoisotopic (exact) mass is 431 g/mol. The van der Waals surface area contributed by atoms with Gasteiger partial charge >= 0.3 is 0 Å². The number of carbonyl (C=O) groups excluding carboxylic acids is 2. The number of para-hydroxylation sites is 1. The van der Waals surface area contributed by atoms with Crippen LogP contribution in [0.25, 0.3) is 0 Å². The van der Waals surface area contributed by atoms with Crippen LogP contribution in [0.2, 0.25) is 0 Å². The second-order valence-corrected chi connectivity index (χ2v) is 7.52. The van der Waals surface area contributed by atoms with Gasteiger partial charge in [-0.1, -0.05) is 18.2 Å². The van der Waals surface area contributed by atoms with E-state index >= 15 is 0 Å². The lowest BCUT2D eigenvalue weighted by Crippen LogP contribution is -2.47. The number of methoxy groups -OCH3 is 2. The summed E-state index contributed by atoms with van der Waals surface area (Å²) in [6.07, 6.45) is 3.96. The zero-order chi connectivity index (χ0) is 22.5. The summed E-state index contributed by atoms with van der Waals surface area (Å²) in [6.45, 7) is 0. The van der Waals surface area contributed by atoms with E-state index in [4.69, 9.17) is 9.47 Å². The molecule has 2 amide bonds. The molecule has 2 aromatic carbocycles. The van der Waals surface area contributed by atoms with Crippen molar-refractivity contribution in [1.29, 1.82) is 0 Å². The maximum absolute atomic E-state index is 13.4. The molecule has 0 radical (unpaired) electrons. The molecule has 1 aromatic heterocycles. The Morgan fingerprint density at radius 3 is 2.41 bits per heavy atom. The van der Waals surface area contributed by atoms with E-state index in [-0.39, 0.29) is 18.2 Å². The number of piperidine rings is 1. The quantitative estimate of drug-likeness (QED) is 0.632. The maximum atomic E-state index is 13.4. The molecule has 4 rings (SSSR count). The SMILES string of the molecule is COc1ccc(N2C(=O)CCC(C(=O)Nc3ccncc3)C2c2ccccc2OC)cc1. The van der Waals surface area contributed by atoms with Crippen molar-refractivity contribution in [2.45, 2.75) is 18.9 Å². The second-order valence-electron chi connectivity index (χ2n) is 7.52. The number of nitrogens with one attached hydrogen (secondary N) is 1. The summed E-state index contributed by atoms with van der Waals surface area (Å²) in [5.74, 6) is 0.655. The van der Waals surface area contributed by atoms with Crippen molar-refractivity contribution in [3.63, 3.8) is 0 Å². The zero-order valence-electron chi connectivity index (χ0n) is 18.0. The molecule has 3 aromatic rings. The van der Waals surface area contributed by atoms with E-state index < -0.39 is 12.0 Å². The summed E-state index contributed by atoms with van der Waals surface area (Å²) in [4.78, 5) is 32.3. The predicted octanol–water partition coefficient (Wildman–Crippen LogP) is 4.22. The molecule has 32 heavy (non-hydrogen) atoms. The van der Waals surface area contributed by atoms with Gasteiger partial charge in [-0.2, -0.15) is 0 Å². The van der Waals surface area contributed by atoms with Crippen molar-refractivity contribution < 1.29 is 19.1 Å². The number of nitrogens with zero attached hydrogens (tertiary/aromatic N) is 2. The van der Waals surface area contributed by atoms with Gasteiger partial charge in [0.1, 0.15) is 11.5 Å². The fourth-order valence-electron chi connectivity index (χ4n) is 4.15. The van der Waals surface area contributed by atoms with Crippen LogP contribution in [0.1, 0.15) is 24.4 Å². The molecule has 1 saturated heterocycles. The van der Waals surface area contributed by atoms with Crippen molar-refractivity contribution in [1.82, 2.24) is 4.98 Å². The normalized spacial score (nSPS) is 18.2. The largest absolute Gasteiger partial charge is 0.497 e. The highest BCUT2D eigenvalue weighted by Gasteiger charge is 2.42. The molecule has 1 N–H and O–H groups in total. The third kappa shape index (κ3) is 4.27. The highest BCUT2D eigenvalue weighted by atomic mass is 16.5. The molecule has 1 aliphatic heterocycles. The van der Waals surface area contributed by atoms with Crippen molar-refractivity contribution in [3.8, 4) is 11.5 Å². The minimum absolute atomic E-state index is 0.0426. The fourth-order valence-corrected chi connectivity index (χ4v) is 4.15. The highest BCUT2D eigenvalue weighted by Crippen LogP contribution is 2.43. The Labute approximate surface area is 187 Å². The Morgan fingerprint density at radius 1 is 1.00 bits per heavy atom. The first-order chi connectivity index (χ1) is 15.6. The number of carbonyl (C=O) groups is 2. The summed E-state index contributed by atoms with van der Waals surface area (Å²) in [7, 11) is 3.19. The van der Waals surface area contributed by atoms with Crippen molar-refractivity contribution in [2.75, 3.05) is 24.4 Å². The molecule has 7 nitrogen and oxygen atoms in total. The summed E-state index contributed by atoms with van der Waals surface area (Å²) in [6, 6.07) is 17.8. The lowest BCUT2D eigenvalue weighted by Gasteiger charge is -2.41. The number of hydrogen-bond acceptors (Lipinski definition) is 5. The Bertz CT molecular complexity index is 1090. The number of hydrogen-bond donors (Lipinski definition) is 1. The molecule has 7 heteroatoms. The van der Waals surface area contributed by atoms with Crippen LogP contribution in [0.15, 0.2) is 73.1 Å². The van der Waals surface area contributed by atoms with E-state index in [0.29, 0.717) is 29.3 Å². The fraction of sp³-hybridized carbons (Fsp3) is 0.240. The number of ether oxygens (including phenoxy) is 2. The molecular formula is C25H25N3O4. The number of anilines is 2. The minimum Gasteiger partial charge on any atom is -0.497 e. The van der Waals surface area contributed by atoms with Crippen molar-refractivity contribution in [2.24, 2.45) is 5.92 Å². The van der Waals surface area contributed by atoms with Gasteiger partial charge in [0.05, 0.1) is 26.2 Å². The van der Waals surface area contributed by atoms with Crippen LogP contribution in [0, 0.1) is 5.92 Å². The van der Waals surface area contributed by atoms with Crippen LogP contribution < -0.4 is 19.7 Å². The zero-order valence-corrected chi connectivity index (χ0v) is 18.0. The molecule has 2 heterocycles. The topological polar surface area (TPSA) is 80.8 Å². The Balaban J connectivity index is 1.77. The van der Waals surface area contributed by atoms with Gasteiger partial charge in [-0.15, -0.1) is 0 Å². The van der Waals surface area contributed by atoms with E-state index in [2.05, 4.69) is 10.3 Å². The Kier molecular flexibility index (Phi) is 6.35. The first kappa shape index (κ1) is 21.4. The van der Waals surface area contributed by atoms with Gasteiger partial charge in [-0.25, -0.2) is 0 Å². The van der Waals surface area contributed by atoms with Crippen molar-refractivity contribution in [3.05, 3.63) is 78.6 Å². The summed E-state index contributed by atoms with van der Waals surface area (Å²) < 4.78 is 10.9. The Hall–Kier alpha value is -3.87. The van der Waals surface area contributed by atoms with Gasteiger partial charge in [-0.3, -0.25) is 14.6 Å². The first-order valence-corrected chi connectivity index (χ1v) is 10.4. The number of benzene rings is 2. The van der Waals surface area contributed by atoms with Gasteiger partial charge in [-0.05, 0) is 48.9 Å². The molecule has 0 aliphatic carbocycles. The summed E-state index contributed by atoms with van der Waals surface area (Å²) in [5.41, 5.74) is 2.15. The van der Waals surface area contributed by atoms with Crippen LogP contribution in [-0.2, 0) is 9.59 Å². The molecule has 2 atom stereocenters. The van der Waals surface area contributed by atoms with E-state index in [1.54, 1.807) is 43.6 Å². The number of aromatic nitrogens is 1. The van der Waals surface area contributed by atoms with Gasteiger partial charge in [0.15, 0.2) is 0 Å². The number of rotatable bonds is 6. The minimum atomic E-state index is -0.525. The first-order valence-electron chi connectivity index (χ1n) is 10.4. The molecule has 1 aliphatic rings. The molecule has 1 fully saturated rings. The smallest absolute Gasteiger partial charge is 0.229 e. The van der Waals surface area contributed by atoms with E-state index in [0.717, 1.165) is 5.56 Å². The van der Waals surface area contributed by atoms with Crippen LogP contribution in [0.4, 0.5) is 11.4 Å². The third-order valence-electron chi connectivity index (χ3n) is 5.69. The van der Waals surface area contributed by atoms with E-state index in [1.165, 1.54) is 0 Å². The highest BCUT2D eigenvalue weighted by molar-refractivity contribution is 6.00. The van der Waals surface area contributed by atoms with E-state index in [1.807, 2.05) is 48.5 Å². The second kappa shape index (κ2) is 9.51. The molecular weight excluding hydrogens is 406 g/mol. The molecule has 0 saturated carbocycles. The van der Waals surface area contributed by atoms with Crippen LogP contribution >= 0.6 is 0 Å². The van der Waals surface area contributed by atoms with Crippen LogP contribution in [-0.4, -0.2) is 31.0 Å². The van der Waals surface area contributed by atoms with Gasteiger partial charge < -0.3 is 19.7 Å². The molecule has 0 spiro atoms. The molecule has 0 bridgehead atoms. The molecule has 164 valence electrons. The molecule has 2 unspecified atom stereocenters. The number of amides is 2. The maximum Gasteiger partial charge on any atom is 0.229 e. The Morgan fingerprint density at radius 2 is 1.72 bits per heavy atom. The summed E-state index contributed by atoms with van der Waals surface area (Å²) in [5, 5.41) is 2.98. The summed E-state index contributed by atoms with van der Waals surface area (Å²) >= 11 is 0. The van der Waals surface area contributed by atoms with Gasteiger partial charge in [0.2, 0.25) is 11.8 Å². The van der Waals surface area contributed by atoms with Gasteiger partial charge in [0, 0.05) is 35.8 Å².